The van der Waals surface area contributed by atoms with Crippen LogP contribution < -0.4 is 20.1 Å². The number of imide groups is 1. The Morgan fingerprint density at radius 1 is 1.24 bits per heavy atom. The fourth-order valence-electron chi connectivity index (χ4n) is 2.68. The summed E-state index contributed by atoms with van der Waals surface area (Å²) in [7, 11) is 2.95. The third-order valence-corrected chi connectivity index (χ3v) is 4.82. The number of amides is 4. The lowest BCUT2D eigenvalue weighted by molar-refractivity contribution is -0.415. The molecule has 3 rings (SSSR count). The van der Waals surface area contributed by atoms with Crippen molar-refractivity contribution in [2.24, 2.45) is 5.73 Å². The van der Waals surface area contributed by atoms with Crippen molar-refractivity contribution in [3.05, 3.63) is 29.7 Å². The second-order valence-corrected chi connectivity index (χ2v) is 6.34. The maximum Gasteiger partial charge on any atom is 0.506 e. The number of hydrogen-bond acceptors (Lipinski definition) is 6. The number of urea groups is 1. The molecule has 0 radical (unpaired) electrons. The third kappa shape index (κ3) is 2.98. The van der Waals surface area contributed by atoms with Crippen LogP contribution >= 0.6 is 11.8 Å². The molecule has 0 bridgehead atoms. The van der Waals surface area contributed by atoms with E-state index >= 15 is 0 Å². The van der Waals surface area contributed by atoms with E-state index in [1.54, 1.807) is 29.7 Å². The fourth-order valence-corrected chi connectivity index (χ4v) is 3.62. The molecule has 2 aliphatic heterocycles. The Kier molecular flexibility index (Phi) is 4.49. The summed E-state index contributed by atoms with van der Waals surface area (Å²) in [6, 6.07) is 4.10. The lowest BCUT2D eigenvalue weighted by Crippen LogP contribution is -2.56. The average Bonchev–Trinajstić information content (AvgIpc) is 3.08. The van der Waals surface area contributed by atoms with Crippen LogP contribution in [0.2, 0.25) is 0 Å². The van der Waals surface area contributed by atoms with Crippen LogP contribution in [0.3, 0.4) is 0 Å². The maximum atomic E-state index is 12.9. The number of ether oxygens (including phenoxy) is 2. The Balaban J connectivity index is 2.10. The number of hydrogen-bond donors (Lipinski definition) is 1. The van der Waals surface area contributed by atoms with Crippen molar-refractivity contribution in [2.75, 3.05) is 25.7 Å². The van der Waals surface area contributed by atoms with Gasteiger partial charge in [-0.25, -0.2) is 4.79 Å². The fraction of sp³-hybridized carbons (Fsp3) is 0.250. The molecule has 9 heteroatoms. The zero-order valence-corrected chi connectivity index (χ0v) is 14.4. The minimum absolute atomic E-state index is 0.298. The van der Waals surface area contributed by atoms with Crippen molar-refractivity contribution in [1.29, 1.82) is 0 Å². The highest BCUT2D eigenvalue weighted by Crippen LogP contribution is 2.34. The number of methoxy groups -OCH3 is 2. The van der Waals surface area contributed by atoms with Gasteiger partial charge in [0.1, 0.15) is 22.9 Å². The number of fused-ring (bicyclic) bond motifs is 1. The van der Waals surface area contributed by atoms with Gasteiger partial charge in [-0.2, -0.15) is 9.37 Å². The van der Waals surface area contributed by atoms with Crippen LogP contribution in [0, 0.1) is 0 Å². The first kappa shape index (κ1) is 17.0. The van der Waals surface area contributed by atoms with Crippen LogP contribution in [-0.4, -0.2) is 54.1 Å². The maximum absolute atomic E-state index is 12.9. The summed E-state index contributed by atoms with van der Waals surface area (Å²) in [6.07, 6.45) is 1.65. The van der Waals surface area contributed by atoms with Gasteiger partial charge in [-0.1, -0.05) is 0 Å². The van der Waals surface area contributed by atoms with E-state index in [0.717, 1.165) is 4.90 Å². The Morgan fingerprint density at radius 3 is 2.44 bits per heavy atom. The van der Waals surface area contributed by atoms with Gasteiger partial charge in [-0.3, -0.25) is 4.79 Å². The van der Waals surface area contributed by atoms with Gasteiger partial charge >= 0.3 is 11.9 Å². The lowest BCUT2D eigenvalue weighted by atomic mass is 10.1. The molecule has 1 aromatic carbocycles. The first-order chi connectivity index (χ1) is 12.0. The van der Waals surface area contributed by atoms with Crippen molar-refractivity contribution >= 4 is 41.0 Å². The molecule has 0 saturated heterocycles. The molecule has 1 aromatic rings. The largest absolute Gasteiger partial charge is 0.506 e. The first-order valence-electron chi connectivity index (χ1n) is 7.32. The van der Waals surface area contributed by atoms with E-state index in [0.29, 0.717) is 22.9 Å². The molecule has 0 saturated carbocycles. The summed E-state index contributed by atoms with van der Waals surface area (Å²) < 4.78 is 11.6. The molecular formula is C16H16N3O5S+. The number of nitrogens with zero attached hydrogens (tertiary/aromatic N) is 2. The number of benzene rings is 1. The number of nitrogens with two attached hydrogens (primary N) is 1. The number of anilines is 1. The van der Waals surface area contributed by atoms with Crippen LogP contribution in [0.5, 0.6) is 11.5 Å². The number of carbonyl (C=O) groups is 3. The molecule has 25 heavy (non-hydrogen) atoms. The highest BCUT2D eigenvalue weighted by molar-refractivity contribution is 8.04. The Hall–Kier alpha value is -2.81. The smallest absolute Gasteiger partial charge is 0.496 e. The average molecular weight is 362 g/mol. The van der Waals surface area contributed by atoms with Gasteiger partial charge in [0.25, 0.3) is 5.91 Å². The van der Waals surface area contributed by atoms with E-state index < -0.39 is 23.1 Å². The van der Waals surface area contributed by atoms with Gasteiger partial charge in [0, 0.05) is 18.2 Å². The van der Waals surface area contributed by atoms with Crippen LogP contribution in [0.15, 0.2) is 29.7 Å². The van der Waals surface area contributed by atoms with Crippen molar-refractivity contribution in [2.45, 2.75) is 5.25 Å². The molecule has 1 atom stereocenters. The Labute approximate surface area is 147 Å². The van der Waals surface area contributed by atoms with Crippen molar-refractivity contribution in [1.82, 2.24) is 0 Å². The molecule has 1 unspecified atom stereocenters. The van der Waals surface area contributed by atoms with E-state index in [1.165, 1.54) is 30.6 Å². The van der Waals surface area contributed by atoms with Gasteiger partial charge in [0.15, 0.2) is 11.8 Å². The summed E-state index contributed by atoms with van der Waals surface area (Å²) >= 11 is 1.27. The van der Waals surface area contributed by atoms with Crippen LogP contribution in [-0.2, 0) is 9.59 Å². The molecule has 130 valence electrons. The minimum atomic E-state index is -0.664. The van der Waals surface area contributed by atoms with Gasteiger partial charge in [0.05, 0.1) is 14.2 Å². The van der Waals surface area contributed by atoms with Crippen LogP contribution in [0.1, 0.15) is 0 Å². The summed E-state index contributed by atoms with van der Waals surface area (Å²) in [4.78, 5) is 38.1. The normalized spacial score (nSPS) is 19.3. The SMILES string of the molecule is COc1cc(OC)cc(N2C(=O)C3SC=CC3=[N+](CC(N)=O)C2=O)c1. The van der Waals surface area contributed by atoms with E-state index in [2.05, 4.69) is 0 Å². The predicted molar refractivity (Wildman–Crippen MR) is 92.3 cm³/mol. The summed E-state index contributed by atoms with van der Waals surface area (Å²) in [5.74, 6) is -0.194. The number of primary amides is 1. The topological polar surface area (TPSA) is 102 Å². The lowest BCUT2D eigenvalue weighted by Gasteiger charge is -2.24. The van der Waals surface area contributed by atoms with Crippen LogP contribution in [0.25, 0.3) is 0 Å². The molecule has 8 nitrogen and oxygen atoms in total. The number of thioether (sulfide) groups is 1. The molecule has 0 aliphatic carbocycles. The number of rotatable bonds is 5. The van der Waals surface area contributed by atoms with Gasteiger partial charge in [-0.05, 0) is 11.5 Å². The molecule has 0 aromatic heterocycles. The van der Waals surface area contributed by atoms with E-state index in [1.807, 2.05) is 0 Å². The molecule has 2 heterocycles. The predicted octanol–water partition coefficient (Wildman–Crippen LogP) is 0.738. The Morgan fingerprint density at radius 2 is 1.88 bits per heavy atom. The zero-order valence-electron chi connectivity index (χ0n) is 13.6. The third-order valence-electron chi connectivity index (χ3n) is 3.81. The molecule has 4 amide bonds. The van der Waals surface area contributed by atoms with E-state index in [-0.39, 0.29) is 6.54 Å². The molecular weight excluding hydrogens is 346 g/mol. The van der Waals surface area contributed by atoms with Crippen LogP contribution in [0.4, 0.5) is 10.5 Å². The minimum Gasteiger partial charge on any atom is -0.496 e. The van der Waals surface area contributed by atoms with Gasteiger partial charge in [-0.15, -0.1) is 16.7 Å². The zero-order chi connectivity index (χ0) is 18.1. The highest BCUT2D eigenvalue weighted by Gasteiger charge is 2.50. The van der Waals surface area contributed by atoms with Crippen molar-refractivity contribution in [3.63, 3.8) is 0 Å². The van der Waals surface area contributed by atoms with Gasteiger partial charge in [0.2, 0.25) is 0 Å². The van der Waals surface area contributed by atoms with E-state index in [9.17, 15) is 14.4 Å². The first-order valence-corrected chi connectivity index (χ1v) is 8.26. The summed E-state index contributed by atoms with van der Waals surface area (Å²) in [6.45, 7) is -0.305. The molecule has 2 N–H and O–H groups in total. The molecule has 2 aliphatic rings. The summed E-state index contributed by atoms with van der Waals surface area (Å²) in [5, 5.41) is 1.11. The van der Waals surface area contributed by atoms with Crippen molar-refractivity contribution < 1.29 is 28.4 Å². The second-order valence-electron chi connectivity index (χ2n) is 5.32. The molecule has 0 fully saturated rings. The number of allylic oxidation sites excluding steroid dienone is 1. The Bertz CT molecular complexity index is 811. The second kappa shape index (κ2) is 6.60. The van der Waals surface area contributed by atoms with E-state index in [4.69, 9.17) is 15.2 Å². The monoisotopic (exact) mass is 362 g/mol. The molecule has 0 spiro atoms. The number of carbonyl (C=O) groups excluding carboxylic acids is 3. The van der Waals surface area contributed by atoms with Gasteiger partial charge < -0.3 is 15.2 Å². The highest BCUT2D eigenvalue weighted by atomic mass is 32.2. The van der Waals surface area contributed by atoms with Crippen molar-refractivity contribution in [3.8, 4) is 11.5 Å². The quantitative estimate of drug-likeness (QED) is 0.775. The standard InChI is InChI=1S/C16H15N3O5S/c1-23-10-5-9(6-11(7-10)24-2)19-15(21)14-12(3-4-25-14)18(16(19)22)8-13(17)20/h3-7,14H,8H2,1-2H3,(H-,17,20)/p+1. The summed E-state index contributed by atoms with van der Waals surface area (Å²) in [5.41, 5.74) is 6.02.